The van der Waals surface area contributed by atoms with Gasteiger partial charge >= 0.3 is 0 Å². The van der Waals surface area contributed by atoms with Crippen LogP contribution in [0.5, 0.6) is 0 Å². The van der Waals surface area contributed by atoms with Crippen LogP contribution in [0.2, 0.25) is 0 Å². The molecule has 7 aromatic carbocycles. The molecule has 0 amide bonds. The lowest BCUT2D eigenvalue weighted by Gasteiger charge is -2.48. The second kappa shape index (κ2) is 11.6. The van der Waals surface area contributed by atoms with Gasteiger partial charge in [-0.15, -0.1) is 0 Å². The number of hydrogen-bond acceptors (Lipinski definition) is 3. The van der Waals surface area contributed by atoms with Gasteiger partial charge in [-0.3, -0.25) is 0 Å². The van der Waals surface area contributed by atoms with Crippen molar-refractivity contribution in [1.82, 2.24) is 19.5 Å². The molecule has 0 N–H and O–H groups in total. The Bertz CT molecular complexity index is 2820. The highest BCUT2D eigenvalue weighted by Gasteiger charge is 2.47. The van der Waals surface area contributed by atoms with Crippen LogP contribution in [0.4, 0.5) is 0 Å². The molecule has 2 aromatic heterocycles. The second-order valence-electron chi connectivity index (χ2n) is 15.2. The Morgan fingerprint density at radius 3 is 1.64 bits per heavy atom. The maximum absolute atomic E-state index is 5.13. The first-order chi connectivity index (χ1) is 25.8. The van der Waals surface area contributed by atoms with E-state index in [2.05, 4.69) is 154 Å². The van der Waals surface area contributed by atoms with Gasteiger partial charge in [0.05, 0.1) is 16.7 Å². The van der Waals surface area contributed by atoms with Gasteiger partial charge < -0.3 is 4.57 Å². The van der Waals surface area contributed by atoms with Crippen molar-refractivity contribution in [3.8, 4) is 51.0 Å². The Hall–Kier alpha value is -6.39. The van der Waals surface area contributed by atoms with Crippen LogP contribution in [-0.2, 0) is 10.8 Å². The topological polar surface area (TPSA) is 43.6 Å². The van der Waals surface area contributed by atoms with Gasteiger partial charge in [-0.1, -0.05) is 167 Å². The van der Waals surface area contributed by atoms with Crippen molar-refractivity contribution in [2.45, 2.75) is 38.5 Å². The van der Waals surface area contributed by atoms with E-state index in [1.54, 1.807) is 0 Å². The Kier molecular flexibility index (Phi) is 6.84. The third-order valence-electron chi connectivity index (χ3n) is 12.0. The third kappa shape index (κ3) is 4.58. The van der Waals surface area contributed by atoms with Crippen LogP contribution in [0.25, 0.3) is 83.6 Å². The van der Waals surface area contributed by atoms with E-state index in [4.69, 9.17) is 15.0 Å². The maximum atomic E-state index is 5.13. The van der Waals surface area contributed by atoms with Crippen LogP contribution >= 0.6 is 0 Å². The molecule has 0 saturated carbocycles. The Balaban J connectivity index is 1.28. The minimum Gasteiger partial charge on any atom is -0.308 e. The summed E-state index contributed by atoms with van der Waals surface area (Å²) in [5.41, 5.74) is 11.6. The molecule has 0 fully saturated rings. The number of para-hydroxylation sites is 1. The van der Waals surface area contributed by atoms with Crippen molar-refractivity contribution in [3.05, 3.63) is 169 Å². The van der Waals surface area contributed by atoms with Crippen molar-refractivity contribution >= 4 is 32.6 Å². The van der Waals surface area contributed by atoms with Crippen molar-refractivity contribution in [3.63, 3.8) is 0 Å². The summed E-state index contributed by atoms with van der Waals surface area (Å²) in [6.45, 7) is 9.68. The molecule has 1 aliphatic carbocycles. The molecule has 9 aromatic rings. The van der Waals surface area contributed by atoms with Crippen LogP contribution in [0.3, 0.4) is 0 Å². The summed E-state index contributed by atoms with van der Waals surface area (Å²) in [4.78, 5) is 15.2. The van der Waals surface area contributed by atoms with E-state index in [1.165, 1.54) is 44.1 Å². The summed E-state index contributed by atoms with van der Waals surface area (Å²) in [7, 11) is 0. The quantitative estimate of drug-likeness (QED) is 0.186. The highest BCUT2D eigenvalue weighted by atomic mass is 15.0. The molecule has 0 bridgehead atoms. The standard InChI is InChI=1S/C49H38N4/c1-48(2)40-25-15-13-22-34(40)37-27-28-38-36-24-14-16-26-41(36)53(44(38)43(37)49(48,3)4)42-30-29-39(33-21-11-12-23-35(33)42)47-51-45(31-17-7-5-8-18-31)50-46(52-47)32-19-9-6-10-20-32/h5-30H,1-4H3. The lowest BCUT2D eigenvalue weighted by Crippen LogP contribution is -2.43. The van der Waals surface area contributed by atoms with Gasteiger partial charge in [0.1, 0.15) is 0 Å². The van der Waals surface area contributed by atoms with Gasteiger partial charge in [0, 0.05) is 38.3 Å². The largest absolute Gasteiger partial charge is 0.308 e. The van der Waals surface area contributed by atoms with Gasteiger partial charge in [0.25, 0.3) is 0 Å². The zero-order valence-corrected chi connectivity index (χ0v) is 30.3. The molecule has 10 rings (SSSR count). The lowest BCUT2D eigenvalue weighted by atomic mass is 9.55. The van der Waals surface area contributed by atoms with E-state index in [-0.39, 0.29) is 10.8 Å². The molecular formula is C49H38N4. The van der Waals surface area contributed by atoms with Gasteiger partial charge in [0.2, 0.25) is 0 Å². The molecule has 4 heteroatoms. The summed E-state index contributed by atoms with van der Waals surface area (Å²) in [6.07, 6.45) is 0. The minimum absolute atomic E-state index is 0.107. The summed E-state index contributed by atoms with van der Waals surface area (Å²) in [5, 5.41) is 4.76. The first-order valence-electron chi connectivity index (χ1n) is 18.4. The SMILES string of the molecule is CC1(C)c2ccccc2-c2ccc3c4ccccc4n(-c4ccc(-c5nc(-c6ccccc6)nc(-c6ccccc6)n5)c5ccccc45)c3c2C1(C)C. The molecule has 4 nitrogen and oxygen atoms in total. The van der Waals surface area contributed by atoms with E-state index < -0.39 is 0 Å². The number of benzene rings is 7. The average Bonchev–Trinajstić information content (AvgIpc) is 3.54. The molecule has 0 radical (unpaired) electrons. The summed E-state index contributed by atoms with van der Waals surface area (Å²) >= 11 is 0. The number of fused-ring (bicyclic) bond motifs is 8. The summed E-state index contributed by atoms with van der Waals surface area (Å²) in [6, 6.07) is 56.1. The van der Waals surface area contributed by atoms with Crippen molar-refractivity contribution < 1.29 is 0 Å². The zero-order valence-electron chi connectivity index (χ0n) is 30.3. The molecule has 53 heavy (non-hydrogen) atoms. The first-order valence-corrected chi connectivity index (χ1v) is 18.4. The summed E-state index contributed by atoms with van der Waals surface area (Å²) in [5.74, 6) is 1.96. The van der Waals surface area contributed by atoms with E-state index >= 15 is 0 Å². The highest BCUT2D eigenvalue weighted by Crippen LogP contribution is 2.56. The third-order valence-corrected chi connectivity index (χ3v) is 12.0. The number of nitrogens with zero attached hydrogens (tertiary/aromatic N) is 4. The fourth-order valence-electron chi connectivity index (χ4n) is 8.68. The van der Waals surface area contributed by atoms with Gasteiger partial charge in [0.15, 0.2) is 17.5 Å². The number of aromatic nitrogens is 4. The van der Waals surface area contributed by atoms with Crippen LogP contribution < -0.4 is 0 Å². The van der Waals surface area contributed by atoms with Crippen LogP contribution in [-0.4, -0.2) is 19.5 Å². The van der Waals surface area contributed by atoms with Crippen LogP contribution in [0.15, 0.2) is 158 Å². The van der Waals surface area contributed by atoms with Gasteiger partial charge in [-0.25, -0.2) is 15.0 Å². The zero-order chi connectivity index (χ0) is 35.9. The van der Waals surface area contributed by atoms with Crippen molar-refractivity contribution in [2.75, 3.05) is 0 Å². The molecule has 1 aliphatic rings. The van der Waals surface area contributed by atoms with Crippen molar-refractivity contribution in [2.24, 2.45) is 0 Å². The Morgan fingerprint density at radius 2 is 0.943 bits per heavy atom. The predicted octanol–water partition coefficient (Wildman–Crippen LogP) is 12.4. The molecule has 0 spiro atoms. The Morgan fingerprint density at radius 1 is 0.396 bits per heavy atom. The number of hydrogen-bond donors (Lipinski definition) is 0. The Labute approximate surface area is 309 Å². The second-order valence-corrected chi connectivity index (χ2v) is 15.2. The lowest BCUT2D eigenvalue weighted by molar-refractivity contribution is 0.301. The smallest absolute Gasteiger partial charge is 0.164 e. The first kappa shape index (κ1) is 31.4. The normalized spacial score (nSPS) is 14.3. The minimum atomic E-state index is -0.176. The number of rotatable bonds is 4. The molecule has 2 heterocycles. The molecule has 0 unspecified atom stereocenters. The van der Waals surface area contributed by atoms with E-state index in [0.717, 1.165) is 33.2 Å². The molecule has 0 aliphatic heterocycles. The monoisotopic (exact) mass is 682 g/mol. The molecule has 254 valence electrons. The van der Waals surface area contributed by atoms with E-state index in [9.17, 15) is 0 Å². The maximum Gasteiger partial charge on any atom is 0.164 e. The summed E-state index contributed by atoms with van der Waals surface area (Å²) < 4.78 is 2.53. The fraction of sp³-hybridized carbons (Fsp3) is 0.122. The molecule has 0 atom stereocenters. The highest BCUT2D eigenvalue weighted by molar-refractivity contribution is 6.14. The fourth-order valence-corrected chi connectivity index (χ4v) is 8.68. The predicted molar refractivity (Wildman–Crippen MR) is 219 cm³/mol. The van der Waals surface area contributed by atoms with E-state index in [1.807, 2.05) is 36.4 Å². The van der Waals surface area contributed by atoms with E-state index in [0.29, 0.717) is 17.5 Å². The van der Waals surface area contributed by atoms with Gasteiger partial charge in [-0.2, -0.15) is 0 Å². The molecule has 0 saturated heterocycles. The van der Waals surface area contributed by atoms with Crippen LogP contribution in [0, 0.1) is 0 Å². The van der Waals surface area contributed by atoms with Gasteiger partial charge in [-0.05, 0) is 51.3 Å². The van der Waals surface area contributed by atoms with Crippen LogP contribution in [0.1, 0.15) is 38.8 Å². The molecular weight excluding hydrogens is 645 g/mol. The van der Waals surface area contributed by atoms with Crippen molar-refractivity contribution in [1.29, 1.82) is 0 Å². The average molecular weight is 683 g/mol.